The lowest BCUT2D eigenvalue weighted by molar-refractivity contribution is -0.0235. The molecule has 2 aromatic carbocycles. The number of nitrogens with one attached hydrogen (secondary N) is 2. The Labute approximate surface area is 254 Å². The largest absolute Gasteiger partial charge is 0.439 e. The second-order valence-corrected chi connectivity index (χ2v) is 11.4. The molecule has 2 heterocycles. The van der Waals surface area contributed by atoms with Gasteiger partial charge in [-0.15, -0.1) is 0 Å². The van der Waals surface area contributed by atoms with Crippen LogP contribution in [-0.4, -0.2) is 49.8 Å². The van der Waals surface area contributed by atoms with Crippen LogP contribution in [0.4, 0.5) is 4.39 Å². The molecule has 5 rings (SSSR count). The van der Waals surface area contributed by atoms with Gasteiger partial charge in [0.05, 0.1) is 24.5 Å². The highest BCUT2D eigenvalue weighted by Crippen LogP contribution is 2.33. The fourth-order valence-corrected chi connectivity index (χ4v) is 5.98. The Morgan fingerprint density at radius 2 is 1.93 bits per heavy atom. The summed E-state index contributed by atoms with van der Waals surface area (Å²) in [6, 6.07) is 12.0. The zero-order valence-corrected chi connectivity index (χ0v) is 25.0. The van der Waals surface area contributed by atoms with Crippen LogP contribution in [0.5, 0.6) is 0 Å². The lowest BCUT2D eigenvalue weighted by atomic mass is 9.91. The van der Waals surface area contributed by atoms with Crippen molar-refractivity contribution in [2.45, 2.75) is 83.5 Å². The lowest BCUT2D eigenvalue weighted by Gasteiger charge is -2.31. The van der Waals surface area contributed by atoms with Gasteiger partial charge >= 0.3 is 5.76 Å². The monoisotopic (exact) mass is 603 g/mol. The van der Waals surface area contributed by atoms with E-state index in [1.54, 1.807) is 35.8 Å². The summed E-state index contributed by atoms with van der Waals surface area (Å²) in [7, 11) is 0. The molecule has 1 aliphatic carbocycles. The normalized spacial score (nSPS) is 17.5. The Bertz CT molecular complexity index is 1720. The number of aliphatic hydroxyl groups excluding tert-OH is 1. The average molecular weight is 604 g/mol. The van der Waals surface area contributed by atoms with Gasteiger partial charge in [0.15, 0.2) is 5.82 Å². The zero-order chi connectivity index (χ0) is 31.2. The molecular weight excluding hydrogens is 565 g/mol. The Kier molecular flexibility index (Phi) is 9.96. The van der Waals surface area contributed by atoms with Crippen LogP contribution in [0.25, 0.3) is 22.5 Å². The first-order valence-corrected chi connectivity index (χ1v) is 15.1. The van der Waals surface area contributed by atoms with Crippen molar-refractivity contribution in [3.05, 3.63) is 91.8 Å². The van der Waals surface area contributed by atoms with E-state index in [9.17, 15) is 14.7 Å². The SMILES string of the molecule is CCCc1nc(CC=N)n(C2CCC(OCC(C)O)CC2)c(=O)c1Cc1ccc(-c2ccccc2-c2noc(=O)[nH]2)cc1F. The minimum Gasteiger partial charge on any atom is -0.391 e. The van der Waals surface area contributed by atoms with Gasteiger partial charge in [0.2, 0.25) is 0 Å². The Hall–Kier alpha value is -4.22. The third-order valence-corrected chi connectivity index (χ3v) is 8.07. The van der Waals surface area contributed by atoms with Gasteiger partial charge in [-0.1, -0.05) is 54.9 Å². The summed E-state index contributed by atoms with van der Waals surface area (Å²) in [6.45, 7) is 3.98. The average Bonchev–Trinajstić information content (AvgIpc) is 3.45. The van der Waals surface area contributed by atoms with Crippen molar-refractivity contribution in [2.24, 2.45) is 0 Å². The van der Waals surface area contributed by atoms with Crippen LogP contribution in [0, 0.1) is 11.2 Å². The maximum atomic E-state index is 15.8. The molecule has 232 valence electrons. The molecule has 0 saturated heterocycles. The third-order valence-electron chi connectivity index (χ3n) is 8.07. The van der Waals surface area contributed by atoms with Crippen molar-refractivity contribution < 1.29 is 18.8 Å². The van der Waals surface area contributed by atoms with E-state index in [1.807, 2.05) is 19.1 Å². The second-order valence-electron chi connectivity index (χ2n) is 11.4. The molecule has 4 aromatic rings. The standard InChI is InChI=1S/C33H38FN5O5/c1-3-6-29-27(32(41)39(30(36-29)15-16-35)23-11-13-24(14-12-23)43-19-20(2)40)17-22-10-9-21(18-28(22)34)25-7-4-5-8-26(25)31-37-33(42)44-38-31/h4-5,7-10,16,18,20,23-24,35,40H,3,6,11-15,17,19H2,1-2H3,(H,37,38,42). The van der Waals surface area contributed by atoms with Gasteiger partial charge in [-0.3, -0.25) is 18.9 Å². The first-order chi connectivity index (χ1) is 21.3. The van der Waals surface area contributed by atoms with Crippen molar-refractivity contribution in [1.82, 2.24) is 19.7 Å². The van der Waals surface area contributed by atoms with Crippen LogP contribution in [0.15, 0.2) is 56.6 Å². The molecule has 44 heavy (non-hydrogen) atoms. The molecule has 0 bridgehead atoms. The molecule has 0 radical (unpaired) electrons. The van der Waals surface area contributed by atoms with Crippen molar-refractivity contribution in [1.29, 1.82) is 5.41 Å². The van der Waals surface area contributed by atoms with Gasteiger partial charge in [-0.2, -0.15) is 0 Å². The third kappa shape index (κ3) is 6.95. The number of aliphatic hydroxyl groups is 1. The van der Waals surface area contributed by atoms with Gasteiger partial charge in [0.1, 0.15) is 11.6 Å². The van der Waals surface area contributed by atoms with Crippen molar-refractivity contribution in [3.8, 4) is 22.5 Å². The highest BCUT2D eigenvalue weighted by atomic mass is 19.1. The Morgan fingerprint density at radius 1 is 1.18 bits per heavy atom. The fraction of sp³-hybridized carbons (Fsp3) is 0.424. The molecule has 1 saturated carbocycles. The predicted octanol–water partition coefficient (Wildman–Crippen LogP) is 5.01. The topological polar surface area (TPSA) is 147 Å². The first-order valence-electron chi connectivity index (χ1n) is 15.1. The molecule has 1 aliphatic rings. The number of rotatable bonds is 12. The fourth-order valence-electron chi connectivity index (χ4n) is 5.98. The summed E-state index contributed by atoms with van der Waals surface area (Å²) in [5.74, 6) is -0.329. The van der Waals surface area contributed by atoms with Crippen LogP contribution in [-0.2, 0) is 24.0 Å². The van der Waals surface area contributed by atoms with E-state index in [-0.39, 0.29) is 43.0 Å². The van der Waals surface area contributed by atoms with Crippen molar-refractivity contribution >= 4 is 6.21 Å². The Balaban J connectivity index is 1.47. The van der Waals surface area contributed by atoms with E-state index < -0.39 is 17.7 Å². The molecule has 1 unspecified atom stereocenters. The summed E-state index contributed by atoms with van der Waals surface area (Å²) >= 11 is 0. The number of aromatic nitrogens is 4. The summed E-state index contributed by atoms with van der Waals surface area (Å²) in [4.78, 5) is 33.1. The molecule has 0 spiro atoms. The van der Waals surface area contributed by atoms with Crippen LogP contribution in [0.1, 0.15) is 74.6 Å². The number of hydrogen-bond donors (Lipinski definition) is 3. The minimum atomic E-state index is -0.678. The highest BCUT2D eigenvalue weighted by molar-refractivity contribution is 5.80. The molecule has 11 heteroatoms. The second kappa shape index (κ2) is 14.0. The quantitative estimate of drug-likeness (QED) is 0.193. The molecule has 1 atom stereocenters. The molecule has 1 fully saturated rings. The first kappa shape index (κ1) is 31.2. The number of benzene rings is 2. The maximum Gasteiger partial charge on any atom is 0.439 e. The van der Waals surface area contributed by atoms with E-state index in [0.29, 0.717) is 58.6 Å². The molecular formula is C33H38FN5O5. The van der Waals surface area contributed by atoms with E-state index in [4.69, 9.17) is 15.1 Å². The number of hydrogen-bond acceptors (Lipinski definition) is 8. The number of H-pyrrole nitrogens is 1. The van der Waals surface area contributed by atoms with Crippen LogP contribution in [0.3, 0.4) is 0 Å². The number of nitrogens with zero attached hydrogens (tertiary/aromatic N) is 3. The van der Waals surface area contributed by atoms with E-state index in [0.717, 1.165) is 19.3 Å². The molecule has 0 amide bonds. The summed E-state index contributed by atoms with van der Waals surface area (Å²) in [6.07, 6.45) is 5.34. The molecule has 3 N–H and O–H groups in total. The van der Waals surface area contributed by atoms with Crippen LogP contribution < -0.4 is 11.3 Å². The van der Waals surface area contributed by atoms with Gasteiger partial charge < -0.3 is 15.3 Å². The molecule has 2 aromatic heterocycles. The molecule has 10 nitrogen and oxygen atoms in total. The van der Waals surface area contributed by atoms with Crippen LogP contribution >= 0.6 is 0 Å². The summed E-state index contributed by atoms with van der Waals surface area (Å²) < 4.78 is 28.0. The highest BCUT2D eigenvalue weighted by Gasteiger charge is 2.28. The molecule has 0 aliphatic heterocycles. The summed E-state index contributed by atoms with van der Waals surface area (Å²) in [5, 5.41) is 21.1. The smallest absolute Gasteiger partial charge is 0.391 e. The van der Waals surface area contributed by atoms with Gasteiger partial charge in [-0.05, 0) is 61.8 Å². The van der Waals surface area contributed by atoms with Crippen LogP contribution in [0.2, 0.25) is 0 Å². The lowest BCUT2D eigenvalue weighted by Crippen LogP contribution is -2.36. The van der Waals surface area contributed by atoms with E-state index >= 15 is 4.39 Å². The zero-order valence-electron chi connectivity index (χ0n) is 25.0. The predicted molar refractivity (Wildman–Crippen MR) is 165 cm³/mol. The van der Waals surface area contributed by atoms with Crippen molar-refractivity contribution in [3.63, 3.8) is 0 Å². The van der Waals surface area contributed by atoms with E-state index in [2.05, 4.69) is 14.7 Å². The Morgan fingerprint density at radius 3 is 2.57 bits per heavy atom. The van der Waals surface area contributed by atoms with Gasteiger partial charge in [0.25, 0.3) is 5.56 Å². The minimum absolute atomic E-state index is 0.0248. The van der Waals surface area contributed by atoms with Crippen molar-refractivity contribution in [2.75, 3.05) is 6.61 Å². The number of ether oxygens (including phenoxy) is 1. The number of aryl methyl sites for hydroxylation is 1. The van der Waals surface area contributed by atoms with E-state index in [1.165, 1.54) is 12.3 Å². The summed E-state index contributed by atoms with van der Waals surface area (Å²) in [5.41, 5.74) is 3.16. The maximum absolute atomic E-state index is 15.8. The number of aromatic amines is 1. The van der Waals surface area contributed by atoms with Gasteiger partial charge in [-0.25, -0.2) is 14.2 Å². The van der Waals surface area contributed by atoms with Gasteiger partial charge in [0, 0.05) is 36.2 Å². The number of halogens is 1.